The summed E-state index contributed by atoms with van der Waals surface area (Å²) >= 11 is 0. The summed E-state index contributed by atoms with van der Waals surface area (Å²) in [6.07, 6.45) is 0.666. The number of aliphatic hydroxyl groups excluding tert-OH is 1. The lowest BCUT2D eigenvalue weighted by Gasteiger charge is -2.34. The Morgan fingerprint density at radius 3 is 2.36 bits per heavy atom. The number of hydrogen-bond acceptors (Lipinski definition) is 3. The Hall–Kier alpha value is -1.91. The van der Waals surface area contributed by atoms with Crippen molar-refractivity contribution >= 4 is 0 Å². The van der Waals surface area contributed by atoms with Crippen LogP contribution in [0.4, 0.5) is 4.39 Å². The summed E-state index contributed by atoms with van der Waals surface area (Å²) < 4.78 is 25.6. The van der Waals surface area contributed by atoms with E-state index in [0.29, 0.717) is 11.3 Å². The number of ether oxygens (including phenoxy) is 2. The quantitative estimate of drug-likeness (QED) is 0.756. The van der Waals surface area contributed by atoms with Crippen LogP contribution in [0.2, 0.25) is 0 Å². The third kappa shape index (κ3) is 4.02. The van der Waals surface area contributed by atoms with Crippen LogP contribution >= 0.6 is 0 Å². The molecule has 4 heteroatoms. The SMILES string of the molecule is CCC(C)(C)C(OC)c1cc(CO)ccc1-c1cc(OC)ccc1F. The van der Waals surface area contributed by atoms with E-state index in [1.165, 1.54) is 6.07 Å². The third-order valence-corrected chi connectivity index (χ3v) is 4.90. The van der Waals surface area contributed by atoms with Gasteiger partial charge in [-0.3, -0.25) is 0 Å². The van der Waals surface area contributed by atoms with Gasteiger partial charge >= 0.3 is 0 Å². The standard InChI is InChI=1S/C21H27FO3/c1-6-21(2,3)20(25-5)18-11-14(13-23)7-9-16(18)17-12-15(24-4)8-10-19(17)22/h7-12,20,23H,6,13H2,1-5H3. The molecule has 3 nitrogen and oxygen atoms in total. The van der Waals surface area contributed by atoms with E-state index in [1.807, 2.05) is 18.2 Å². The summed E-state index contributed by atoms with van der Waals surface area (Å²) in [6, 6.07) is 10.3. The lowest BCUT2D eigenvalue weighted by Crippen LogP contribution is -2.23. The molecule has 0 aromatic heterocycles. The Morgan fingerprint density at radius 2 is 1.80 bits per heavy atom. The number of hydrogen-bond donors (Lipinski definition) is 1. The Morgan fingerprint density at radius 1 is 1.08 bits per heavy atom. The molecule has 1 atom stereocenters. The normalized spacial score (nSPS) is 12.9. The predicted molar refractivity (Wildman–Crippen MR) is 98.1 cm³/mol. The first-order chi connectivity index (χ1) is 11.9. The molecule has 25 heavy (non-hydrogen) atoms. The van der Waals surface area contributed by atoms with Gasteiger partial charge < -0.3 is 14.6 Å². The largest absolute Gasteiger partial charge is 0.497 e. The number of aliphatic hydroxyl groups is 1. The molecule has 0 saturated carbocycles. The summed E-state index contributed by atoms with van der Waals surface area (Å²) in [6.45, 7) is 6.28. The highest BCUT2D eigenvalue weighted by Crippen LogP contribution is 2.43. The molecule has 1 N–H and O–H groups in total. The molecule has 1 unspecified atom stereocenters. The molecule has 0 radical (unpaired) electrons. The van der Waals surface area contributed by atoms with Crippen molar-refractivity contribution < 1.29 is 19.0 Å². The lowest BCUT2D eigenvalue weighted by atomic mass is 9.77. The fourth-order valence-electron chi connectivity index (χ4n) is 3.06. The monoisotopic (exact) mass is 346 g/mol. The molecule has 0 aliphatic rings. The van der Waals surface area contributed by atoms with Crippen LogP contribution in [-0.4, -0.2) is 19.3 Å². The van der Waals surface area contributed by atoms with E-state index in [2.05, 4.69) is 20.8 Å². The second-order valence-corrected chi connectivity index (χ2v) is 6.88. The minimum absolute atomic E-state index is 0.0726. The highest BCUT2D eigenvalue weighted by Gasteiger charge is 2.31. The number of methoxy groups -OCH3 is 2. The van der Waals surface area contributed by atoms with E-state index in [1.54, 1.807) is 26.4 Å². The van der Waals surface area contributed by atoms with Gasteiger partial charge in [0.2, 0.25) is 0 Å². The third-order valence-electron chi connectivity index (χ3n) is 4.90. The Kier molecular flexibility index (Phi) is 6.20. The van der Waals surface area contributed by atoms with Crippen LogP contribution in [0.3, 0.4) is 0 Å². The molecule has 0 fully saturated rings. The molecule has 2 aromatic carbocycles. The second-order valence-electron chi connectivity index (χ2n) is 6.88. The van der Waals surface area contributed by atoms with E-state index in [-0.39, 0.29) is 23.9 Å². The van der Waals surface area contributed by atoms with Crippen LogP contribution in [0.1, 0.15) is 44.4 Å². The van der Waals surface area contributed by atoms with Crippen LogP contribution in [0.25, 0.3) is 11.1 Å². The van der Waals surface area contributed by atoms with Crippen LogP contribution in [0, 0.1) is 11.2 Å². The fraction of sp³-hybridized carbons (Fsp3) is 0.429. The van der Waals surface area contributed by atoms with Gasteiger partial charge in [0.15, 0.2) is 0 Å². The first-order valence-electron chi connectivity index (χ1n) is 8.48. The van der Waals surface area contributed by atoms with E-state index >= 15 is 0 Å². The highest BCUT2D eigenvalue weighted by molar-refractivity contribution is 5.70. The lowest BCUT2D eigenvalue weighted by molar-refractivity contribution is 0.00321. The Balaban J connectivity index is 2.71. The molecule has 0 bridgehead atoms. The van der Waals surface area contributed by atoms with Crippen molar-refractivity contribution in [3.8, 4) is 16.9 Å². The predicted octanol–water partition coefficient (Wildman–Crippen LogP) is 5.12. The van der Waals surface area contributed by atoms with Crippen molar-refractivity contribution in [1.29, 1.82) is 0 Å². The number of rotatable bonds is 7. The smallest absolute Gasteiger partial charge is 0.131 e. The maximum absolute atomic E-state index is 14.6. The summed E-state index contributed by atoms with van der Waals surface area (Å²) in [5, 5.41) is 9.54. The molecule has 2 rings (SSSR count). The van der Waals surface area contributed by atoms with E-state index < -0.39 is 0 Å². The second kappa shape index (κ2) is 7.98. The van der Waals surface area contributed by atoms with Gasteiger partial charge in [-0.15, -0.1) is 0 Å². The maximum atomic E-state index is 14.6. The molecule has 0 spiro atoms. The van der Waals surface area contributed by atoms with Gasteiger partial charge in [-0.25, -0.2) is 4.39 Å². The van der Waals surface area contributed by atoms with Gasteiger partial charge in [0, 0.05) is 12.7 Å². The van der Waals surface area contributed by atoms with Crippen LogP contribution in [0.15, 0.2) is 36.4 Å². The van der Waals surface area contributed by atoms with Crippen molar-refractivity contribution in [3.63, 3.8) is 0 Å². The zero-order valence-electron chi connectivity index (χ0n) is 15.6. The van der Waals surface area contributed by atoms with Gasteiger partial charge in [0.05, 0.1) is 19.8 Å². The van der Waals surface area contributed by atoms with E-state index in [0.717, 1.165) is 23.1 Å². The molecule has 0 saturated heterocycles. The minimum atomic E-state index is -0.317. The summed E-state index contributed by atoms with van der Waals surface area (Å²) in [5.74, 6) is 0.278. The van der Waals surface area contributed by atoms with Crippen LogP contribution in [0.5, 0.6) is 5.75 Å². The van der Waals surface area contributed by atoms with E-state index in [4.69, 9.17) is 9.47 Å². The highest BCUT2D eigenvalue weighted by atomic mass is 19.1. The molecule has 0 aliphatic carbocycles. The average molecular weight is 346 g/mol. The molecule has 0 aliphatic heterocycles. The van der Waals surface area contributed by atoms with Crippen LogP contribution < -0.4 is 4.74 Å². The van der Waals surface area contributed by atoms with Crippen molar-refractivity contribution in [1.82, 2.24) is 0 Å². The van der Waals surface area contributed by atoms with Crippen molar-refractivity contribution in [2.75, 3.05) is 14.2 Å². The number of benzene rings is 2. The van der Waals surface area contributed by atoms with Crippen LogP contribution in [-0.2, 0) is 11.3 Å². The first-order valence-corrected chi connectivity index (χ1v) is 8.48. The van der Waals surface area contributed by atoms with E-state index in [9.17, 15) is 9.50 Å². The van der Waals surface area contributed by atoms with Gasteiger partial charge in [-0.05, 0) is 46.7 Å². The van der Waals surface area contributed by atoms with Crippen molar-refractivity contribution in [2.24, 2.45) is 5.41 Å². The zero-order valence-corrected chi connectivity index (χ0v) is 15.6. The van der Waals surface area contributed by atoms with Gasteiger partial charge in [0.25, 0.3) is 0 Å². The maximum Gasteiger partial charge on any atom is 0.131 e. The Labute approximate surface area is 149 Å². The molecular formula is C21H27FO3. The molecule has 136 valence electrons. The fourth-order valence-corrected chi connectivity index (χ4v) is 3.06. The van der Waals surface area contributed by atoms with Crippen molar-refractivity contribution in [2.45, 2.75) is 39.9 Å². The molecule has 0 amide bonds. The average Bonchev–Trinajstić information content (AvgIpc) is 2.62. The van der Waals surface area contributed by atoms with Gasteiger partial charge in [-0.1, -0.05) is 39.0 Å². The summed E-state index contributed by atoms with van der Waals surface area (Å²) in [5.41, 5.74) is 2.71. The van der Waals surface area contributed by atoms with Gasteiger partial charge in [-0.2, -0.15) is 0 Å². The van der Waals surface area contributed by atoms with Crippen molar-refractivity contribution in [3.05, 3.63) is 53.3 Å². The Bertz CT molecular complexity index is 725. The molecular weight excluding hydrogens is 319 g/mol. The molecule has 0 heterocycles. The first kappa shape index (κ1) is 19.4. The summed E-state index contributed by atoms with van der Waals surface area (Å²) in [7, 11) is 3.23. The van der Waals surface area contributed by atoms with Gasteiger partial charge in [0.1, 0.15) is 11.6 Å². The minimum Gasteiger partial charge on any atom is -0.497 e. The zero-order chi connectivity index (χ0) is 18.6. The number of halogens is 1. The molecule has 2 aromatic rings. The topological polar surface area (TPSA) is 38.7 Å². The summed E-state index contributed by atoms with van der Waals surface area (Å²) in [4.78, 5) is 0.